The second-order valence-corrected chi connectivity index (χ2v) is 9.46. The summed E-state index contributed by atoms with van der Waals surface area (Å²) in [5.41, 5.74) is 0.961. The molecule has 2 aromatic carbocycles. The second kappa shape index (κ2) is 10.5. The number of hydrogen-bond donors (Lipinski definition) is 1. The topological polar surface area (TPSA) is 81.7 Å². The van der Waals surface area contributed by atoms with E-state index in [-0.39, 0.29) is 10.2 Å². The van der Waals surface area contributed by atoms with E-state index in [0.717, 1.165) is 24.8 Å². The van der Waals surface area contributed by atoms with E-state index in [4.69, 9.17) is 0 Å². The maximum atomic E-state index is 12.7. The molecule has 0 amide bonds. The summed E-state index contributed by atoms with van der Waals surface area (Å²) in [5.74, 6) is -1.29. The molecule has 0 radical (unpaired) electrons. The van der Waals surface area contributed by atoms with Crippen LogP contribution < -0.4 is 9.46 Å². The fourth-order valence-corrected chi connectivity index (χ4v) is 5.06. The van der Waals surface area contributed by atoms with Gasteiger partial charge in [0.1, 0.15) is 10.9 Å². The lowest BCUT2D eigenvalue weighted by molar-refractivity contribution is -0.275. The number of halogens is 4. The molecule has 1 unspecified atom stereocenters. The molecule has 2 aromatic rings. The number of carbonyl (C=O) groups is 1. The van der Waals surface area contributed by atoms with Crippen molar-refractivity contribution in [2.45, 2.75) is 23.1 Å². The molecule has 0 fully saturated rings. The summed E-state index contributed by atoms with van der Waals surface area (Å²) in [7, 11) is -3.45. The molecule has 0 saturated heterocycles. The fourth-order valence-electron chi connectivity index (χ4n) is 2.32. The molecule has 30 heavy (non-hydrogen) atoms. The zero-order valence-electron chi connectivity index (χ0n) is 15.5. The van der Waals surface area contributed by atoms with Crippen molar-refractivity contribution in [1.82, 2.24) is 4.72 Å². The molecular weight excluding hydrogens is 511 g/mol. The van der Waals surface area contributed by atoms with Gasteiger partial charge >= 0.3 is 12.3 Å². The SMILES string of the molecule is COC(=O)C(CSCc1ccccc1)NS(=O)(=O)c1ccc(Br)cc1OC(F)(F)F. The third-order valence-electron chi connectivity index (χ3n) is 3.60. The molecule has 164 valence electrons. The molecule has 1 N–H and O–H groups in total. The Hall–Kier alpha value is -1.76. The van der Waals surface area contributed by atoms with Gasteiger partial charge in [0.15, 0.2) is 5.75 Å². The van der Waals surface area contributed by atoms with Crippen LogP contribution in [0, 0.1) is 0 Å². The lowest BCUT2D eigenvalue weighted by atomic mass is 10.2. The molecule has 0 bridgehead atoms. The van der Waals surface area contributed by atoms with Crippen molar-refractivity contribution in [2.24, 2.45) is 0 Å². The van der Waals surface area contributed by atoms with Gasteiger partial charge in [-0.15, -0.1) is 13.2 Å². The summed E-state index contributed by atoms with van der Waals surface area (Å²) < 4.78 is 74.3. The van der Waals surface area contributed by atoms with Gasteiger partial charge in [-0.25, -0.2) is 8.42 Å². The van der Waals surface area contributed by atoms with Crippen molar-refractivity contribution in [2.75, 3.05) is 12.9 Å². The normalized spacial score (nSPS) is 13.0. The third kappa shape index (κ3) is 7.49. The molecule has 0 aromatic heterocycles. The number of benzene rings is 2. The first kappa shape index (κ1) is 24.5. The molecule has 0 aliphatic heterocycles. The molecular formula is C18H17BrF3NO5S2. The van der Waals surface area contributed by atoms with E-state index in [0.29, 0.717) is 5.75 Å². The number of hydrogen-bond acceptors (Lipinski definition) is 6. The van der Waals surface area contributed by atoms with Crippen LogP contribution in [0.15, 0.2) is 57.9 Å². The number of esters is 1. The van der Waals surface area contributed by atoms with Gasteiger partial charge in [-0.05, 0) is 23.8 Å². The summed E-state index contributed by atoms with van der Waals surface area (Å²) in [5, 5.41) is 0. The summed E-state index contributed by atoms with van der Waals surface area (Å²) in [4.78, 5) is 11.3. The van der Waals surface area contributed by atoms with Gasteiger partial charge in [0.25, 0.3) is 0 Å². The Bertz CT molecular complexity index is 972. The van der Waals surface area contributed by atoms with Crippen molar-refractivity contribution in [3.05, 3.63) is 58.6 Å². The highest BCUT2D eigenvalue weighted by Crippen LogP contribution is 2.32. The molecule has 12 heteroatoms. The van der Waals surface area contributed by atoms with Crippen LogP contribution in [0.1, 0.15) is 5.56 Å². The number of alkyl halides is 3. The van der Waals surface area contributed by atoms with Gasteiger partial charge in [0.2, 0.25) is 10.0 Å². The number of ether oxygens (including phenoxy) is 2. The van der Waals surface area contributed by atoms with Gasteiger partial charge < -0.3 is 9.47 Å². The van der Waals surface area contributed by atoms with Crippen molar-refractivity contribution >= 4 is 43.7 Å². The molecule has 0 aliphatic carbocycles. The van der Waals surface area contributed by atoms with Crippen LogP contribution in [0.4, 0.5) is 13.2 Å². The summed E-state index contributed by atoms with van der Waals surface area (Å²) in [6, 6.07) is 11.0. The van der Waals surface area contributed by atoms with Crippen LogP contribution in [0.2, 0.25) is 0 Å². The summed E-state index contributed by atoms with van der Waals surface area (Å²) in [6.07, 6.45) is -5.10. The van der Waals surface area contributed by atoms with Crippen LogP contribution in [-0.4, -0.2) is 39.7 Å². The van der Waals surface area contributed by atoms with E-state index in [1.807, 2.05) is 30.3 Å². The van der Waals surface area contributed by atoms with Crippen LogP contribution in [0.25, 0.3) is 0 Å². The van der Waals surface area contributed by atoms with Crippen molar-refractivity contribution in [3.8, 4) is 5.75 Å². The Labute approximate surface area is 184 Å². The van der Waals surface area contributed by atoms with E-state index in [9.17, 15) is 26.4 Å². The molecule has 0 heterocycles. The molecule has 0 aliphatic rings. The molecule has 2 rings (SSSR count). The minimum atomic E-state index is -5.10. The largest absolute Gasteiger partial charge is 0.573 e. The maximum Gasteiger partial charge on any atom is 0.573 e. The lowest BCUT2D eigenvalue weighted by Crippen LogP contribution is -2.43. The Morgan fingerprint density at radius 3 is 2.47 bits per heavy atom. The van der Waals surface area contributed by atoms with Gasteiger partial charge in [-0.1, -0.05) is 46.3 Å². The second-order valence-electron chi connectivity index (χ2n) is 5.84. The highest BCUT2D eigenvalue weighted by atomic mass is 79.9. The highest BCUT2D eigenvalue weighted by molar-refractivity contribution is 9.10. The smallest absolute Gasteiger partial charge is 0.468 e. The number of thioether (sulfide) groups is 1. The Morgan fingerprint density at radius 1 is 1.20 bits per heavy atom. The molecule has 0 spiro atoms. The first-order valence-electron chi connectivity index (χ1n) is 8.29. The van der Waals surface area contributed by atoms with Crippen molar-refractivity contribution in [3.63, 3.8) is 0 Å². The van der Waals surface area contributed by atoms with Gasteiger partial charge in [0.05, 0.1) is 7.11 Å². The van der Waals surface area contributed by atoms with Crippen LogP contribution in [0.5, 0.6) is 5.75 Å². The number of nitrogens with one attached hydrogen (secondary N) is 1. The number of rotatable bonds is 9. The Balaban J connectivity index is 2.21. The molecule has 1 atom stereocenters. The average molecular weight is 528 g/mol. The maximum absolute atomic E-state index is 12.7. The minimum absolute atomic E-state index is 0.00673. The number of sulfonamides is 1. The quantitative estimate of drug-likeness (QED) is 0.494. The summed E-state index contributed by atoms with van der Waals surface area (Å²) >= 11 is 4.24. The number of methoxy groups -OCH3 is 1. The van der Waals surface area contributed by atoms with Gasteiger partial charge in [-0.3, -0.25) is 4.79 Å². The predicted octanol–water partition coefficient (Wildman–Crippen LogP) is 4.10. The zero-order chi connectivity index (χ0) is 22.4. The predicted molar refractivity (Wildman–Crippen MR) is 110 cm³/mol. The standard InChI is InChI=1S/C18H17BrF3NO5S2/c1-27-17(24)14(11-29-10-12-5-3-2-4-6-12)23-30(25,26)16-8-7-13(19)9-15(16)28-18(20,21)22/h2-9,14,23H,10-11H2,1H3. The molecule has 0 saturated carbocycles. The number of carbonyl (C=O) groups excluding carboxylic acids is 1. The van der Waals surface area contributed by atoms with Crippen LogP contribution in [-0.2, 0) is 25.3 Å². The first-order chi connectivity index (χ1) is 14.0. The van der Waals surface area contributed by atoms with E-state index in [2.05, 4.69) is 30.1 Å². The van der Waals surface area contributed by atoms with E-state index >= 15 is 0 Å². The average Bonchev–Trinajstić information content (AvgIpc) is 2.66. The first-order valence-corrected chi connectivity index (χ1v) is 11.7. The van der Waals surface area contributed by atoms with Gasteiger partial charge in [-0.2, -0.15) is 16.5 Å². The van der Waals surface area contributed by atoms with E-state index in [1.165, 1.54) is 17.8 Å². The van der Waals surface area contributed by atoms with Gasteiger partial charge in [0, 0.05) is 16.0 Å². The summed E-state index contributed by atoms with van der Waals surface area (Å²) in [6.45, 7) is 0. The monoisotopic (exact) mass is 527 g/mol. The van der Waals surface area contributed by atoms with Crippen LogP contribution >= 0.6 is 27.7 Å². The van der Waals surface area contributed by atoms with Crippen molar-refractivity contribution in [1.29, 1.82) is 0 Å². The minimum Gasteiger partial charge on any atom is -0.468 e. The Kier molecular flexibility index (Phi) is 8.59. The Morgan fingerprint density at radius 2 is 1.87 bits per heavy atom. The van der Waals surface area contributed by atoms with Crippen molar-refractivity contribution < 1.29 is 35.9 Å². The third-order valence-corrected chi connectivity index (χ3v) is 6.71. The lowest BCUT2D eigenvalue weighted by Gasteiger charge is -2.18. The van der Waals surface area contributed by atoms with E-state index < -0.39 is 39.0 Å². The zero-order valence-corrected chi connectivity index (χ0v) is 18.7. The van der Waals surface area contributed by atoms with Crippen LogP contribution in [0.3, 0.4) is 0 Å². The fraction of sp³-hybridized carbons (Fsp3) is 0.278. The van der Waals surface area contributed by atoms with E-state index in [1.54, 1.807) is 0 Å². The highest BCUT2D eigenvalue weighted by Gasteiger charge is 2.35. The molecule has 6 nitrogen and oxygen atoms in total.